The van der Waals surface area contributed by atoms with E-state index in [1.807, 2.05) is 0 Å². The lowest BCUT2D eigenvalue weighted by Gasteiger charge is -2.11. The Morgan fingerprint density at radius 2 is 1.81 bits per heavy atom. The van der Waals surface area contributed by atoms with Crippen molar-refractivity contribution in [2.75, 3.05) is 19.4 Å². The Balaban J connectivity index is 1.71. The zero-order valence-corrected chi connectivity index (χ0v) is 15.5. The van der Waals surface area contributed by atoms with Crippen LogP contribution in [-0.2, 0) is 17.0 Å². The van der Waals surface area contributed by atoms with Gasteiger partial charge >= 0.3 is 6.61 Å². The minimum Gasteiger partial charge on any atom is -0.493 e. The van der Waals surface area contributed by atoms with E-state index in [9.17, 15) is 18.0 Å². The molecule has 0 fully saturated rings. The van der Waals surface area contributed by atoms with Crippen LogP contribution < -0.4 is 14.8 Å². The third-order valence-corrected chi connectivity index (χ3v) is 4.60. The average Bonchev–Trinajstić information content (AvgIpc) is 2.64. The van der Waals surface area contributed by atoms with E-state index in [0.717, 1.165) is 11.1 Å². The number of nitrogens with one attached hydrogen (secondary N) is 1. The molecule has 8 heteroatoms. The van der Waals surface area contributed by atoms with E-state index in [0.29, 0.717) is 24.5 Å². The first-order valence-corrected chi connectivity index (χ1v) is 9.34. The van der Waals surface area contributed by atoms with Crippen LogP contribution in [0.25, 0.3) is 0 Å². The molecular formula is C19H20F3NO3S. The first-order chi connectivity index (χ1) is 13.0. The Morgan fingerprint density at radius 3 is 2.48 bits per heavy atom. The summed E-state index contributed by atoms with van der Waals surface area (Å²) in [5.41, 5.74) is 1.78. The van der Waals surface area contributed by atoms with Gasteiger partial charge in [0.1, 0.15) is 5.82 Å². The van der Waals surface area contributed by atoms with Crippen LogP contribution >= 0.6 is 11.8 Å². The Bertz CT molecular complexity index is 741. The third-order valence-electron chi connectivity index (χ3n) is 3.60. The second-order valence-corrected chi connectivity index (χ2v) is 6.57. The summed E-state index contributed by atoms with van der Waals surface area (Å²) in [6.45, 7) is -2.51. The molecule has 0 radical (unpaired) electrons. The molecule has 1 amide bonds. The van der Waals surface area contributed by atoms with Crippen LogP contribution in [-0.4, -0.2) is 31.9 Å². The summed E-state index contributed by atoms with van der Waals surface area (Å²) < 4.78 is 46.9. The van der Waals surface area contributed by atoms with E-state index in [4.69, 9.17) is 4.74 Å². The summed E-state index contributed by atoms with van der Waals surface area (Å²) in [6, 6.07) is 10.8. The molecule has 2 rings (SSSR count). The van der Waals surface area contributed by atoms with Crippen molar-refractivity contribution < 1.29 is 27.4 Å². The molecule has 0 saturated carbocycles. The zero-order chi connectivity index (χ0) is 19.6. The first-order valence-electron chi connectivity index (χ1n) is 8.18. The molecule has 0 aromatic heterocycles. The van der Waals surface area contributed by atoms with Gasteiger partial charge in [-0.1, -0.05) is 18.2 Å². The number of hydrogen-bond acceptors (Lipinski definition) is 4. The molecule has 0 aliphatic carbocycles. The maximum absolute atomic E-state index is 12.8. The molecule has 0 heterocycles. The lowest BCUT2D eigenvalue weighted by atomic mass is 10.1. The Labute approximate surface area is 160 Å². The lowest BCUT2D eigenvalue weighted by Crippen LogP contribution is -2.27. The Morgan fingerprint density at radius 1 is 1.11 bits per heavy atom. The highest BCUT2D eigenvalue weighted by Gasteiger charge is 2.11. The number of thioether (sulfide) groups is 1. The van der Waals surface area contributed by atoms with Gasteiger partial charge in [-0.2, -0.15) is 8.78 Å². The second-order valence-electron chi connectivity index (χ2n) is 5.58. The molecule has 2 aromatic carbocycles. The fourth-order valence-corrected chi connectivity index (χ4v) is 3.12. The summed E-state index contributed by atoms with van der Waals surface area (Å²) in [5.74, 6) is 0.711. The Kier molecular flexibility index (Phi) is 8.32. The summed E-state index contributed by atoms with van der Waals surface area (Å²) in [4.78, 5) is 11.9. The van der Waals surface area contributed by atoms with Gasteiger partial charge in [-0.25, -0.2) is 4.39 Å². The highest BCUT2D eigenvalue weighted by molar-refractivity contribution is 7.99. The molecule has 0 bridgehead atoms. The number of rotatable bonds is 10. The van der Waals surface area contributed by atoms with Crippen molar-refractivity contribution in [3.8, 4) is 11.5 Å². The van der Waals surface area contributed by atoms with Crippen LogP contribution in [0.3, 0.4) is 0 Å². The fourth-order valence-electron chi connectivity index (χ4n) is 2.30. The number of carbonyl (C=O) groups is 1. The average molecular weight is 399 g/mol. The van der Waals surface area contributed by atoms with Crippen LogP contribution in [0.1, 0.15) is 11.1 Å². The van der Waals surface area contributed by atoms with Gasteiger partial charge < -0.3 is 14.8 Å². The molecule has 0 spiro atoms. The largest absolute Gasteiger partial charge is 0.493 e. The molecule has 27 heavy (non-hydrogen) atoms. The number of methoxy groups -OCH3 is 1. The van der Waals surface area contributed by atoms with Crippen LogP contribution in [0.5, 0.6) is 11.5 Å². The normalized spacial score (nSPS) is 10.7. The summed E-state index contributed by atoms with van der Waals surface area (Å²) in [6.07, 6.45) is 0.527. The van der Waals surface area contributed by atoms with Crippen LogP contribution in [0, 0.1) is 5.82 Å². The van der Waals surface area contributed by atoms with Crippen molar-refractivity contribution >= 4 is 17.7 Å². The minimum absolute atomic E-state index is 0.0301. The molecule has 0 aliphatic rings. The molecular weight excluding hydrogens is 379 g/mol. The van der Waals surface area contributed by atoms with Gasteiger partial charge in [0.25, 0.3) is 0 Å². The number of alkyl halides is 2. The van der Waals surface area contributed by atoms with Gasteiger partial charge in [-0.3, -0.25) is 4.79 Å². The quantitative estimate of drug-likeness (QED) is 0.655. The van der Waals surface area contributed by atoms with Gasteiger partial charge in [-0.15, -0.1) is 11.8 Å². The first kappa shape index (κ1) is 21.0. The zero-order valence-electron chi connectivity index (χ0n) is 14.7. The molecule has 0 saturated heterocycles. The van der Waals surface area contributed by atoms with Crippen molar-refractivity contribution in [2.45, 2.75) is 18.8 Å². The number of amides is 1. The van der Waals surface area contributed by atoms with Crippen LogP contribution in [0.4, 0.5) is 13.2 Å². The van der Waals surface area contributed by atoms with Crippen molar-refractivity contribution in [1.29, 1.82) is 0 Å². The van der Waals surface area contributed by atoms with Crippen molar-refractivity contribution in [3.63, 3.8) is 0 Å². The van der Waals surface area contributed by atoms with E-state index in [1.54, 1.807) is 24.3 Å². The number of hydrogen-bond donors (Lipinski definition) is 1. The SMILES string of the molecule is COc1cc(CCNC(=O)CSCc2ccc(F)cc2)ccc1OC(F)F. The van der Waals surface area contributed by atoms with Crippen LogP contribution in [0.15, 0.2) is 42.5 Å². The summed E-state index contributed by atoms with van der Waals surface area (Å²) >= 11 is 1.44. The van der Waals surface area contributed by atoms with Gasteiger partial charge in [0, 0.05) is 12.3 Å². The maximum Gasteiger partial charge on any atom is 0.387 e. The van der Waals surface area contributed by atoms with E-state index in [1.165, 1.54) is 37.1 Å². The number of ether oxygens (including phenoxy) is 2. The summed E-state index contributed by atoms with van der Waals surface area (Å²) in [5, 5.41) is 2.80. The molecule has 2 aromatic rings. The van der Waals surface area contributed by atoms with E-state index >= 15 is 0 Å². The second kappa shape index (κ2) is 10.7. The van der Waals surface area contributed by atoms with Gasteiger partial charge in [0.05, 0.1) is 12.9 Å². The van der Waals surface area contributed by atoms with Crippen LogP contribution in [0.2, 0.25) is 0 Å². The molecule has 0 atom stereocenters. The highest BCUT2D eigenvalue weighted by atomic mass is 32.2. The lowest BCUT2D eigenvalue weighted by molar-refractivity contribution is -0.118. The smallest absolute Gasteiger partial charge is 0.387 e. The van der Waals surface area contributed by atoms with Crippen molar-refractivity contribution in [3.05, 3.63) is 59.4 Å². The van der Waals surface area contributed by atoms with E-state index < -0.39 is 6.61 Å². The predicted molar refractivity (Wildman–Crippen MR) is 98.9 cm³/mol. The predicted octanol–water partition coefficient (Wildman–Crippen LogP) is 4.03. The maximum atomic E-state index is 12.8. The molecule has 1 N–H and O–H groups in total. The monoisotopic (exact) mass is 399 g/mol. The molecule has 146 valence electrons. The van der Waals surface area contributed by atoms with E-state index in [2.05, 4.69) is 10.1 Å². The van der Waals surface area contributed by atoms with Crippen molar-refractivity contribution in [2.24, 2.45) is 0 Å². The molecule has 0 aliphatic heterocycles. The van der Waals surface area contributed by atoms with Gasteiger partial charge in [0.15, 0.2) is 11.5 Å². The fraction of sp³-hybridized carbons (Fsp3) is 0.316. The number of halogens is 3. The summed E-state index contributed by atoms with van der Waals surface area (Å²) in [7, 11) is 1.37. The number of carbonyl (C=O) groups excluding carboxylic acids is 1. The van der Waals surface area contributed by atoms with Crippen molar-refractivity contribution in [1.82, 2.24) is 5.32 Å². The number of benzene rings is 2. The third kappa shape index (κ3) is 7.42. The minimum atomic E-state index is -2.92. The highest BCUT2D eigenvalue weighted by Crippen LogP contribution is 2.29. The van der Waals surface area contributed by atoms with E-state index in [-0.39, 0.29) is 23.2 Å². The standard InChI is InChI=1S/C19H20F3NO3S/c1-25-17-10-13(4-7-16(17)26-19(21)22)8-9-23-18(24)12-27-11-14-2-5-15(20)6-3-14/h2-7,10,19H,8-9,11-12H2,1H3,(H,23,24). The molecule has 4 nitrogen and oxygen atoms in total. The molecule has 0 unspecified atom stereocenters. The topological polar surface area (TPSA) is 47.6 Å². The van der Waals surface area contributed by atoms with Gasteiger partial charge in [-0.05, 0) is 41.8 Å². The Hall–Kier alpha value is -2.35. The van der Waals surface area contributed by atoms with Gasteiger partial charge in [0.2, 0.25) is 5.91 Å².